The van der Waals surface area contributed by atoms with E-state index >= 15 is 0 Å². The molecule has 5 nitrogen and oxygen atoms in total. The lowest BCUT2D eigenvalue weighted by Crippen LogP contribution is -2.15. The molecule has 0 radical (unpaired) electrons. The Morgan fingerprint density at radius 2 is 1.84 bits per heavy atom. The van der Waals surface area contributed by atoms with E-state index in [1.807, 2.05) is 12.1 Å². The van der Waals surface area contributed by atoms with Gasteiger partial charge in [0.15, 0.2) is 0 Å². The van der Waals surface area contributed by atoms with Crippen molar-refractivity contribution < 1.29 is 9.18 Å². The molecule has 3 aromatic rings. The fourth-order valence-electron chi connectivity index (χ4n) is 2.12. The molecule has 1 aromatic heterocycles. The first kappa shape index (κ1) is 16.9. The maximum absolute atomic E-state index is 13.6. The first-order valence-electron chi connectivity index (χ1n) is 7.48. The number of nitrogens with zero attached hydrogens (tertiary/aromatic N) is 2. The molecule has 2 N–H and O–H groups in total. The molecule has 0 aliphatic heterocycles. The Labute approximate surface area is 148 Å². The number of para-hydroxylation sites is 1. The van der Waals surface area contributed by atoms with Gasteiger partial charge in [0, 0.05) is 17.6 Å². The average molecular weight is 357 g/mol. The molecule has 0 saturated carbocycles. The van der Waals surface area contributed by atoms with Crippen LogP contribution in [0.3, 0.4) is 0 Å². The molecular formula is C18H14ClFN4O. The average Bonchev–Trinajstić information content (AvgIpc) is 2.63. The lowest BCUT2D eigenvalue weighted by Gasteiger charge is -2.08. The SMILES string of the molecule is O=C(Nc1ccccc1F)c1cc(NCc2ccc(Cl)cc2)ncn1. The molecule has 0 aliphatic carbocycles. The van der Waals surface area contributed by atoms with Gasteiger partial charge in [0.05, 0.1) is 5.69 Å². The second-order valence-electron chi connectivity index (χ2n) is 5.20. The summed E-state index contributed by atoms with van der Waals surface area (Å²) in [6.07, 6.45) is 1.28. The van der Waals surface area contributed by atoms with E-state index in [9.17, 15) is 9.18 Å². The first-order chi connectivity index (χ1) is 12.1. The molecule has 0 atom stereocenters. The summed E-state index contributed by atoms with van der Waals surface area (Å²) in [7, 11) is 0. The van der Waals surface area contributed by atoms with Gasteiger partial charge >= 0.3 is 0 Å². The van der Waals surface area contributed by atoms with Crippen LogP contribution in [0.15, 0.2) is 60.9 Å². The highest BCUT2D eigenvalue weighted by molar-refractivity contribution is 6.30. The van der Waals surface area contributed by atoms with E-state index in [2.05, 4.69) is 20.6 Å². The number of amides is 1. The minimum Gasteiger partial charge on any atom is -0.366 e. The smallest absolute Gasteiger partial charge is 0.274 e. The van der Waals surface area contributed by atoms with Crippen molar-refractivity contribution in [3.8, 4) is 0 Å². The van der Waals surface area contributed by atoms with Crippen LogP contribution in [0.2, 0.25) is 5.02 Å². The van der Waals surface area contributed by atoms with E-state index in [0.717, 1.165) is 5.56 Å². The lowest BCUT2D eigenvalue weighted by atomic mass is 10.2. The summed E-state index contributed by atoms with van der Waals surface area (Å²) >= 11 is 5.85. The molecule has 2 aromatic carbocycles. The summed E-state index contributed by atoms with van der Waals surface area (Å²) in [5.41, 5.74) is 1.25. The molecule has 0 fully saturated rings. The number of rotatable bonds is 5. The fraction of sp³-hybridized carbons (Fsp3) is 0.0556. The van der Waals surface area contributed by atoms with Crippen LogP contribution in [0.5, 0.6) is 0 Å². The van der Waals surface area contributed by atoms with Crippen molar-refractivity contribution in [2.75, 3.05) is 10.6 Å². The predicted octanol–water partition coefficient (Wildman–Crippen LogP) is 4.13. The van der Waals surface area contributed by atoms with Crippen LogP contribution in [0.25, 0.3) is 0 Å². The third-order valence-electron chi connectivity index (χ3n) is 3.41. The van der Waals surface area contributed by atoms with Gasteiger partial charge in [-0.05, 0) is 29.8 Å². The van der Waals surface area contributed by atoms with Crippen LogP contribution in [0, 0.1) is 5.82 Å². The molecule has 1 amide bonds. The third kappa shape index (κ3) is 4.51. The Bertz CT molecular complexity index is 886. The van der Waals surface area contributed by atoms with Crippen molar-refractivity contribution in [3.63, 3.8) is 0 Å². The fourth-order valence-corrected chi connectivity index (χ4v) is 2.25. The summed E-state index contributed by atoms with van der Waals surface area (Å²) in [6.45, 7) is 0.516. The second-order valence-corrected chi connectivity index (χ2v) is 5.64. The molecule has 0 bridgehead atoms. The summed E-state index contributed by atoms with van der Waals surface area (Å²) in [6, 6.07) is 14.8. The van der Waals surface area contributed by atoms with E-state index < -0.39 is 11.7 Å². The molecule has 7 heteroatoms. The number of hydrogen-bond acceptors (Lipinski definition) is 4. The number of anilines is 2. The van der Waals surface area contributed by atoms with Gasteiger partial charge in [0.1, 0.15) is 23.7 Å². The molecule has 1 heterocycles. The zero-order chi connectivity index (χ0) is 17.6. The van der Waals surface area contributed by atoms with Crippen molar-refractivity contribution in [1.29, 1.82) is 0 Å². The van der Waals surface area contributed by atoms with Crippen molar-refractivity contribution in [2.24, 2.45) is 0 Å². The Morgan fingerprint density at radius 1 is 1.08 bits per heavy atom. The zero-order valence-corrected chi connectivity index (χ0v) is 13.8. The minimum absolute atomic E-state index is 0.0989. The Hall–Kier alpha value is -2.99. The molecule has 3 rings (SSSR count). The predicted molar refractivity (Wildman–Crippen MR) is 95.2 cm³/mol. The van der Waals surface area contributed by atoms with Gasteiger partial charge in [0.2, 0.25) is 0 Å². The van der Waals surface area contributed by atoms with Gasteiger partial charge < -0.3 is 10.6 Å². The van der Waals surface area contributed by atoms with Crippen molar-refractivity contribution in [3.05, 3.63) is 83.0 Å². The maximum Gasteiger partial charge on any atom is 0.274 e. The summed E-state index contributed by atoms with van der Waals surface area (Å²) < 4.78 is 13.6. The number of benzene rings is 2. The number of carbonyl (C=O) groups is 1. The van der Waals surface area contributed by atoms with Gasteiger partial charge in [-0.15, -0.1) is 0 Å². The zero-order valence-electron chi connectivity index (χ0n) is 13.0. The maximum atomic E-state index is 13.6. The van der Waals surface area contributed by atoms with E-state index in [0.29, 0.717) is 17.4 Å². The highest BCUT2D eigenvalue weighted by atomic mass is 35.5. The van der Waals surface area contributed by atoms with E-state index in [4.69, 9.17) is 11.6 Å². The van der Waals surface area contributed by atoms with Crippen LogP contribution < -0.4 is 10.6 Å². The van der Waals surface area contributed by atoms with Crippen LogP contribution in [-0.2, 0) is 6.54 Å². The molecule has 0 spiro atoms. The van der Waals surface area contributed by atoms with E-state index in [-0.39, 0.29) is 11.4 Å². The second kappa shape index (κ2) is 7.72. The van der Waals surface area contributed by atoms with E-state index in [1.54, 1.807) is 24.3 Å². The highest BCUT2D eigenvalue weighted by Gasteiger charge is 2.11. The van der Waals surface area contributed by atoms with E-state index in [1.165, 1.54) is 24.5 Å². The largest absolute Gasteiger partial charge is 0.366 e. The first-order valence-corrected chi connectivity index (χ1v) is 7.86. The molecule has 126 valence electrons. The Kier molecular flexibility index (Phi) is 5.20. The lowest BCUT2D eigenvalue weighted by molar-refractivity contribution is 0.102. The Morgan fingerprint density at radius 3 is 2.60 bits per heavy atom. The number of halogens is 2. The molecular weight excluding hydrogens is 343 g/mol. The topological polar surface area (TPSA) is 66.9 Å². The van der Waals surface area contributed by atoms with Crippen LogP contribution in [0.1, 0.15) is 16.1 Å². The monoisotopic (exact) mass is 356 g/mol. The molecule has 0 saturated heterocycles. The quantitative estimate of drug-likeness (QED) is 0.721. The van der Waals surface area contributed by atoms with Crippen molar-refractivity contribution in [1.82, 2.24) is 9.97 Å². The van der Waals surface area contributed by atoms with Crippen molar-refractivity contribution in [2.45, 2.75) is 6.54 Å². The molecule has 25 heavy (non-hydrogen) atoms. The van der Waals surface area contributed by atoms with Crippen molar-refractivity contribution >= 4 is 29.0 Å². The van der Waals surface area contributed by atoms with Gasteiger partial charge in [-0.3, -0.25) is 4.79 Å². The number of nitrogens with one attached hydrogen (secondary N) is 2. The van der Waals surface area contributed by atoms with Crippen LogP contribution in [-0.4, -0.2) is 15.9 Å². The minimum atomic E-state index is -0.512. The Balaban J connectivity index is 1.67. The van der Waals surface area contributed by atoms with Gasteiger partial charge in [0.25, 0.3) is 5.91 Å². The van der Waals surface area contributed by atoms with Gasteiger partial charge in [-0.1, -0.05) is 35.9 Å². The number of carbonyl (C=O) groups excluding carboxylic acids is 1. The summed E-state index contributed by atoms with van der Waals surface area (Å²) in [4.78, 5) is 20.2. The summed E-state index contributed by atoms with van der Waals surface area (Å²) in [5, 5.41) is 6.25. The number of hydrogen-bond donors (Lipinski definition) is 2. The molecule has 0 unspecified atom stereocenters. The standard InChI is InChI=1S/C18H14ClFN4O/c19-13-7-5-12(6-8-13)10-21-17-9-16(22-11-23-17)18(25)24-15-4-2-1-3-14(15)20/h1-9,11H,10H2,(H,24,25)(H,21,22,23). The molecule has 0 aliphatic rings. The summed E-state index contributed by atoms with van der Waals surface area (Å²) in [5.74, 6) is -0.531. The number of aromatic nitrogens is 2. The highest BCUT2D eigenvalue weighted by Crippen LogP contribution is 2.15. The van der Waals surface area contributed by atoms with Gasteiger partial charge in [-0.2, -0.15) is 0 Å². The third-order valence-corrected chi connectivity index (χ3v) is 3.66. The van der Waals surface area contributed by atoms with Crippen LogP contribution >= 0.6 is 11.6 Å². The van der Waals surface area contributed by atoms with Gasteiger partial charge in [-0.25, -0.2) is 14.4 Å². The normalized spacial score (nSPS) is 10.3. The van der Waals surface area contributed by atoms with Crippen LogP contribution in [0.4, 0.5) is 15.9 Å².